The number of hydrogen-bond acceptors (Lipinski definition) is 6. The van der Waals surface area contributed by atoms with Crippen molar-refractivity contribution in [2.45, 2.75) is 25.8 Å². The topological polar surface area (TPSA) is 90.1 Å². The first-order chi connectivity index (χ1) is 12.1. The van der Waals surface area contributed by atoms with Gasteiger partial charge in [-0.25, -0.2) is 0 Å². The van der Waals surface area contributed by atoms with Gasteiger partial charge in [-0.15, -0.1) is 21.5 Å². The third kappa shape index (κ3) is 2.60. The number of aromatic nitrogens is 2. The normalized spacial score (nSPS) is 13.8. The zero-order valence-corrected chi connectivity index (χ0v) is 14.8. The minimum atomic E-state index is -0.156. The summed E-state index contributed by atoms with van der Waals surface area (Å²) in [6.07, 6.45) is 1.69. The number of rotatable bonds is 3. The Kier molecular flexibility index (Phi) is 3.80. The Morgan fingerprint density at radius 2 is 1.96 bits per heavy atom. The van der Waals surface area contributed by atoms with Crippen molar-refractivity contribution < 1.29 is 9.53 Å². The molecular formula is C18H18N4O2S. The summed E-state index contributed by atoms with van der Waals surface area (Å²) in [5.74, 6) is 0.270. The highest BCUT2D eigenvalue weighted by Crippen LogP contribution is 2.36. The highest BCUT2D eigenvalue weighted by molar-refractivity contribution is 7.21. The lowest BCUT2D eigenvalue weighted by atomic mass is 10.1. The van der Waals surface area contributed by atoms with Crippen LogP contribution in [0.3, 0.4) is 0 Å². The Bertz CT molecular complexity index is 958. The summed E-state index contributed by atoms with van der Waals surface area (Å²) in [6, 6.07) is 8.38. The molecule has 7 heteroatoms. The van der Waals surface area contributed by atoms with Crippen molar-refractivity contribution in [2.24, 2.45) is 0 Å². The van der Waals surface area contributed by atoms with E-state index in [1.165, 1.54) is 29.6 Å². The quantitative estimate of drug-likeness (QED) is 0.754. The third-order valence-electron chi connectivity index (χ3n) is 4.64. The molecule has 6 nitrogen and oxygen atoms in total. The maximum Gasteiger partial charge on any atom is 0.263 e. The fraction of sp³-hybridized carbons (Fsp3) is 0.278. The number of fused-ring (bicyclic) bond motifs is 2. The predicted molar refractivity (Wildman–Crippen MR) is 98.2 cm³/mol. The Hall–Kier alpha value is -2.67. The first-order valence-corrected chi connectivity index (χ1v) is 8.87. The summed E-state index contributed by atoms with van der Waals surface area (Å²) >= 11 is 1.27. The number of benzene rings is 1. The largest absolute Gasteiger partial charge is 0.480 e. The number of amides is 1. The van der Waals surface area contributed by atoms with Crippen molar-refractivity contribution in [1.29, 1.82) is 0 Å². The number of nitrogens with zero attached hydrogens (tertiary/aromatic N) is 2. The molecular weight excluding hydrogens is 336 g/mol. The lowest BCUT2D eigenvalue weighted by molar-refractivity contribution is 0.0943. The van der Waals surface area contributed by atoms with Crippen LogP contribution in [0.15, 0.2) is 24.3 Å². The van der Waals surface area contributed by atoms with Crippen LogP contribution in [0.4, 0.5) is 5.69 Å². The van der Waals surface area contributed by atoms with E-state index in [1.54, 1.807) is 0 Å². The molecule has 0 aliphatic heterocycles. The van der Waals surface area contributed by atoms with E-state index in [0.717, 1.165) is 23.8 Å². The second-order valence-electron chi connectivity index (χ2n) is 6.21. The average Bonchev–Trinajstić information content (AvgIpc) is 3.16. The van der Waals surface area contributed by atoms with Crippen molar-refractivity contribution in [3.63, 3.8) is 0 Å². The number of methoxy groups -OCH3 is 1. The summed E-state index contributed by atoms with van der Waals surface area (Å²) in [5, 5.41) is 12.0. The number of nitrogens with two attached hydrogens (primary N) is 1. The standard InChI is InChI=1S/C18H18N4O2S/c1-9-13-14(19)15(25-18(13)22-21-17(9)24-2)16(23)20-12-7-10-5-3-4-6-11(10)8-12/h3-6,12H,7-8,19H2,1-2H3,(H,20,23). The van der Waals surface area contributed by atoms with Gasteiger partial charge in [0.2, 0.25) is 5.88 Å². The average molecular weight is 354 g/mol. The third-order valence-corrected chi connectivity index (χ3v) is 5.73. The maximum atomic E-state index is 12.7. The van der Waals surface area contributed by atoms with Gasteiger partial charge in [0.05, 0.1) is 12.8 Å². The van der Waals surface area contributed by atoms with Crippen LogP contribution in [-0.2, 0) is 12.8 Å². The minimum absolute atomic E-state index is 0.0937. The van der Waals surface area contributed by atoms with Crippen LogP contribution in [-0.4, -0.2) is 29.3 Å². The molecule has 3 N–H and O–H groups in total. The van der Waals surface area contributed by atoms with Crippen LogP contribution in [0, 0.1) is 6.92 Å². The SMILES string of the molecule is COc1nnc2sc(C(=O)NC3Cc4ccccc4C3)c(N)c2c1C. The van der Waals surface area contributed by atoms with Crippen LogP contribution >= 0.6 is 11.3 Å². The Morgan fingerprint density at radius 3 is 2.60 bits per heavy atom. The lowest BCUT2D eigenvalue weighted by Gasteiger charge is -2.11. The number of anilines is 1. The molecule has 0 atom stereocenters. The fourth-order valence-corrected chi connectivity index (χ4v) is 4.42. The monoisotopic (exact) mass is 354 g/mol. The van der Waals surface area contributed by atoms with Gasteiger partial charge in [0.1, 0.15) is 9.71 Å². The molecule has 128 valence electrons. The molecule has 0 radical (unpaired) electrons. The Labute approximate surface area is 149 Å². The summed E-state index contributed by atoms with van der Waals surface area (Å²) in [6.45, 7) is 1.87. The molecule has 0 fully saturated rings. The Morgan fingerprint density at radius 1 is 1.28 bits per heavy atom. The second kappa shape index (κ2) is 6.00. The molecule has 2 heterocycles. The van der Waals surface area contributed by atoms with Gasteiger partial charge in [-0.1, -0.05) is 24.3 Å². The van der Waals surface area contributed by atoms with E-state index in [1.807, 2.05) is 19.1 Å². The number of thiophene rings is 1. The molecule has 2 aromatic heterocycles. The van der Waals surface area contributed by atoms with E-state index in [2.05, 4.69) is 27.6 Å². The van der Waals surface area contributed by atoms with Crippen molar-refractivity contribution in [3.8, 4) is 5.88 Å². The highest BCUT2D eigenvalue weighted by atomic mass is 32.1. The number of nitrogens with one attached hydrogen (secondary N) is 1. The molecule has 0 saturated heterocycles. The van der Waals surface area contributed by atoms with Gasteiger partial charge in [0.25, 0.3) is 5.91 Å². The fourth-order valence-electron chi connectivity index (χ4n) is 3.41. The molecule has 0 saturated carbocycles. The van der Waals surface area contributed by atoms with E-state index in [-0.39, 0.29) is 11.9 Å². The number of carbonyl (C=O) groups is 1. The molecule has 1 aliphatic carbocycles. The maximum absolute atomic E-state index is 12.7. The van der Waals surface area contributed by atoms with Crippen molar-refractivity contribution in [3.05, 3.63) is 45.8 Å². The minimum Gasteiger partial charge on any atom is -0.480 e. The Balaban J connectivity index is 1.61. The molecule has 0 spiro atoms. The number of nitrogen functional groups attached to an aromatic ring is 1. The van der Waals surface area contributed by atoms with Crippen LogP contribution < -0.4 is 15.8 Å². The second-order valence-corrected chi connectivity index (χ2v) is 7.21. The van der Waals surface area contributed by atoms with Crippen LogP contribution in [0.25, 0.3) is 10.2 Å². The summed E-state index contributed by atoms with van der Waals surface area (Å²) < 4.78 is 5.20. The zero-order chi connectivity index (χ0) is 17.6. The van der Waals surface area contributed by atoms with E-state index < -0.39 is 0 Å². The number of ether oxygens (including phenoxy) is 1. The summed E-state index contributed by atoms with van der Waals surface area (Å²) in [7, 11) is 1.54. The summed E-state index contributed by atoms with van der Waals surface area (Å²) in [4.78, 5) is 13.9. The van der Waals surface area contributed by atoms with Gasteiger partial charge < -0.3 is 15.8 Å². The van der Waals surface area contributed by atoms with Gasteiger partial charge in [-0.3, -0.25) is 4.79 Å². The van der Waals surface area contributed by atoms with E-state index in [9.17, 15) is 4.79 Å². The van der Waals surface area contributed by atoms with Crippen LogP contribution in [0.2, 0.25) is 0 Å². The molecule has 0 bridgehead atoms. The molecule has 1 amide bonds. The number of aryl methyl sites for hydroxylation is 1. The van der Waals surface area contributed by atoms with Crippen molar-refractivity contribution >= 4 is 33.1 Å². The van der Waals surface area contributed by atoms with Crippen molar-refractivity contribution in [2.75, 3.05) is 12.8 Å². The molecule has 1 aromatic carbocycles. The highest BCUT2D eigenvalue weighted by Gasteiger charge is 2.26. The van der Waals surface area contributed by atoms with Gasteiger partial charge >= 0.3 is 0 Å². The van der Waals surface area contributed by atoms with Crippen LogP contribution in [0.5, 0.6) is 5.88 Å². The van der Waals surface area contributed by atoms with Gasteiger partial charge in [-0.2, -0.15) is 0 Å². The smallest absolute Gasteiger partial charge is 0.263 e. The lowest BCUT2D eigenvalue weighted by Crippen LogP contribution is -2.35. The van der Waals surface area contributed by atoms with Crippen LogP contribution in [0.1, 0.15) is 26.4 Å². The molecule has 0 unspecified atom stereocenters. The molecule has 4 rings (SSSR count). The summed E-state index contributed by atoms with van der Waals surface area (Å²) in [5.41, 5.74) is 10.1. The molecule has 1 aliphatic rings. The van der Waals surface area contributed by atoms with E-state index in [0.29, 0.717) is 21.3 Å². The zero-order valence-electron chi connectivity index (χ0n) is 14.0. The van der Waals surface area contributed by atoms with Gasteiger partial charge in [0, 0.05) is 17.0 Å². The first kappa shape index (κ1) is 15.8. The number of carbonyl (C=O) groups excluding carboxylic acids is 1. The predicted octanol–water partition coefficient (Wildman–Crippen LogP) is 2.49. The van der Waals surface area contributed by atoms with Gasteiger partial charge in [-0.05, 0) is 30.9 Å². The van der Waals surface area contributed by atoms with Crippen molar-refractivity contribution in [1.82, 2.24) is 15.5 Å². The molecule has 25 heavy (non-hydrogen) atoms. The van der Waals surface area contributed by atoms with Gasteiger partial charge in [0.15, 0.2) is 0 Å². The molecule has 3 aromatic rings. The first-order valence-electron chi connectivity index (χ1n) is 8.05. The number of hydrogen-bond donors (Lipinski definition) is 2. The van der Waals surface area contributed by atoms with E-state index in [4.69, 9.17) is 10.5 Å². The van der Waals surface area contributed by atoms with E-state index >= 15 is 0 Å².